The number of amides is 1. The van der Waals surface area contributed by atoms with Gasteiger partial charge in [-0.05, 0) is 13.8 Å². The first kappa shape index (κ1) is 22.7. The predicted octanol–water partition coefficient (Wildman–Crippen LogP) is 1.33. The maximum absolute atomic E-state index is 12.8. The number of nitrogens with zero attached hydrogens (tertiary/aromatic N) is 3. The standard InChI is InChI=1S/C23H27N5O6/c1-12(2)19(30)26-21-25-18-15(20(31)27-21)24-11-28(18)23(13-8-6-5-7-9-13)17-16(14(10-29)32-23)33-22(3,4)34-17/h5-9,11-12,14,16-17,29H,10H2,1-4H3,(H2,25,26,27,30,31)/t14-,16-,17-,23-/m1/s1. The highest BCUT2D eigenvalue weighted by molar-refractivity contribution is 5.91. The molecule has 2 aliphatic heterocycles. The lowest BCUT2D eigenvalue weighted by Crippen LogP contribution is -2.46. The summed E-state index contributed by atoms with van der Waals surface area (Å²) in [4.78, 5) is 36.4. The lowest BCUT2D eigenvalue weighted by molar-refractivity contribution is -0.221. The molecule has 0 bridgehead atoms. The van der Waals surface area contributed by atoms with Crippen molar-refractivity contribution in [2.45, 2.75) is 57.5 Å². The van der Waals surface area contributed by atoms with Crippen LogP contribution in [0.4, 0.5) is 5.95 Å². The maximum Gasteiger partial charge on any atom is 0.280 e. The zero-order valence-corrected chi connectivity index (χ0v) is 19.3. The van der Waals surface area contributed by atoms with E-state index in [0.29, 0.717) is 5.56 Å². The van der Waals surface area contributed by atoms with Crippen LogP contribution in [0.5, 0.6) is 0 Å². The van der Waals surface area contributed by atoms with E-state index in [1.165, 1.54) is 6.33 Å². The number of aromatic amines is 1. The Morgan fingerprint density at radius 3 is 2.65 bits per heavy atom. The number of hydrogen-bond donors (Lipinski definition) is 3. The molecule has 4 atom stereocenters. The average molecular weight is 469 g/mol. The minimum Gasteiger partial charge on any atom is -0.394 e. The molecule has 1 amide bonds. The second-order valence-corrected chi connectivity index (χ2v) is 9.27. The van der Waals surface area contributed by atoms with Crippen molar-refractivity contribution in [1.82, 2.24) is 19.5 Å². The molecule has 4 heterocycles. The first-order valence-electron chi connectivity index (χ1n) is 11.1. The summed E-state index contributed by atoms with van der Waals surface area (Å²) in [6.45, 7) is 6.77. The lowest BCUT2D eigenvalue weighted by atomic mass is 9.94. The van der Waals surface area contributed by atoms with Crippen molar-refractivity contribution in [3.63, 3.8) is 0 Å². The number of fused-ring (bicyclic) bond motifs is 2. The van der Waals surface area contributed by atoms with E-state index in [0.717, 1.165) is 0 Å². The van der Waals surface area contributed by atoms with E-state index >= 15 is 0 Å². The van der Waals surface area contributed by atoms with Crippen molar-refractivity contribution >= 4 is 23.0 Å². The van der Waals surface area contributed by atoms with Gasteiger partial charge >= 0.3 is 0 Å². The van der Waals surface area contributed by atoms with Gasteiger partial charge in [0, 0.05) is 11.5 Å². The number of anilines is 1. The Bertz CT molecular complexity index is 1290. The van der Waals surface area contributed by atoms with Crippen LogP contribution in [0.2, 0.25) is 0 Å². The Kier molecular flexibility index (Phi) is 5.32. The predicted molar refractivity (Wildman–Crippen MR) is 121 cm³/mol. The monoisotopic (exact) mass is 469 g/mol. The van der Waals surface area contributed by atoms with Crippen molar-refractivity contribution in [2.24, 2.45) is 5.92 Å². The highest BCUT2D eigenvalue weighted by Crippen LogP contribution is 2.50. The average Bonchev–Trinajstić information content (AvgIpc) is 3.44. The van der Waals surface area contributed by atoms with Gasteiger partial charge in [0.2, 0.25) is 17.6 Å². The number of ether oxygens (including phenoxy) is 3. The van der Waals surface area contributed by atoms with Gasteiger partial charge in [-0.3, -0.25) is 24.5 Å². The molecule has 0 radical (unpaired) electrons. The number of aliphatic hydroxyl groups is 1. The fourth-order valence-electron chi connectivity index (χ4n) is 4.58. The van der Waals surface area contributed by atoms with Crippen LogP contribution in [0.1, 0.15) is 33.3 Å². The molecule has 5 rings (SSSR count). The van der Waals surface area contributed by atoms with E-state index in [2.05, 4.69) is 20.3 Å². The third-order valence-corrected chi connectivity index (χ3v) is 6.11. The molecule has 0 unspecified atom stereocenters. The van der Waals surface area contributed by atoms with E-state index in [1.54, 1.807) is 32.3 Å². The van der Waals surface area contributed by atoms with Crippen LogP contribution in [0.3, 0.4) is 0 Å². The maximum atomic E-state index is 12.8. The number of carbonyl (C=O) groups excluding carboxylic acids is 1. The Morgan fingerprint density at radius 1 is 1.24 bits per heavy atom. The minimum absolute atomic E-state index is 0.00154. The summed E-state index contributed by atoms with van der Waals surface area (Å²) in [6, 6.07) is 9.32. The van der Waals surface area contributed by atoms with Crippen molar-refractivity contribution in [1.29, 1.82) is 0 Å². The molecule has 1 aromatic carbocycles. The van der Waals surface area contributed by atoms with Gasteiger partial charge in [-0.15, -0.1) is 0 Å². The molecule has 0 aliphatic carbocycles. The zero-order chi connectivity index (χ0) is 24.3. The summed E-state index contributed by atoms with van der Waals surface area (Å²) in [6.07, 6.45) is -0.514. The van der Waals surface area contributed by atoms with Crippen molar-refractivity contribution in [3.05, 3.63) is 52.6 Å². The Morgan fingerprint density at radius 2 is 1.97 bits per heavy atom. The molecule has 3 aromatic rings. The molecule has 2 saturated heterocycles. The molecule has 180 valence electrons. The van der Waals surface area contributed by atoms with Gasteiger partial charge in [0.1, 0.15) is 24.6 Å². The Balaban J connectivity index is 1.74. The third kappa shape index (κ3) is 3.43. The van der Waals surface area contributed by atoms with Crippen LogP contribution in [0, 0.1) is 5.92 Å². The van der Waals surface area contributed by atoms with Crippen LogP contribution in [0.15, 0.2) is 41.5 Å². The van der Waals surface area contributed by atoms with Crippen LogP contribution in [-0.2, 0) is 24.7 Å². The van der Waals surface area contributed by atoms with Gasteiger partial charge in [0.15, 0.2) is 17.0 Å². The number of rotatable bonds is 5. The molecule has 3 N–H and O–H groups in total. The highest BCUT2D eigenvalue weighted by atomic mass is 16.8. The summed E-state index contributed by atoms with van der Waals surface area (Å²) < 4.78 is 20.5. The molecule has 34 heavy (non-hydrogen) atoms. The lowest BCUT2D eigenvalue weighted by Gasteiger charge is -2.36. The summed E-state index contributed by atoms with van der Waals surface area (Å²) in [5, 5.41) is 12.7. The quantitative estimate of drug-likeness (QED) is 0.508. The van der Waals surface area contributed by atoms with E-state index < -0.39 is 35.4 Å². The summed E-state index contributed by atoms with van der Waals surface area (Å²) in [7, 11) is 0. The highest BCUT2D eigenvalue weighted by Gasteiger charge is 2.65. The van der Waals surface area contributed by atoms with Crippen LogP contribution in [0.25, 0.3) is 11.2 Å². The van der Waals surface area contributed by atoms with Crippen LogP contribution in [-0.4, -0.2) is 61.2 Å². The second kappa shape index (κ2) is 7.98. The van der Waals surface area contributed by atoms with Gasteiger partial charge in [0.05, 0.1) is 6.61 Å². The summed E-state index contributed by atoms with van der Waals surface area (Å²) >= 11 is 0. The third-order valence-electron chi connectivity index (χ3n) is 6.11. The molecule has 2 fully saturated rings. The van der Waals surface area contributed by atoms with Gasteiger partial charge in [-0.2, -0.15) is 4.98 Å². The summed E-state index contributed by atoms with van der Waals surface area (Å²) in [5.41, 5.74) is -0.886. The number of carbonyl (C=O) groups is 1. The number of nitrogens with one attached hydrogen (secondary N) is 2. The van der Waals surface area contributed by atoms with E-state index in [4.69, 9.17) is 14.2 Å². The molecule has 2 aromatic heterocycles. The number of aromatic nitrogens is 4. The molecule has 0 spiro atoms. The smallest absolute Gasteiger partial charge is 0.280 e. The van der Waals surface area contributed by atoms with Gasteiger partial charge in [-0.1, -0.05) is 44.2 Å². The van der Waals surface area contributed by atoms with E-state index in [-0.39, 0.29) is 35.5 Å². The van der Waals surface area contributed by atoms with Crippen molar-refractivity contribution in [2.75, 3.05) is 11.9 Å². The van der Waals surface area contributed by atoms with Crippen LogP contribution >= 0.6 is 0 Å². The van der Waals surface area contributed by atoms with Crippen molar-refractivity contribution < 1.29 is 24.1 Å². The first-order chi connectivity index (χ1) is 16.2. The van der Waals surface area contributed by atoms with Gasteiger partial charge in [-0.25, -0.2) is 4.98 Å². The number of hydrogen-bond acceptors (Lipinski definition) is 8. The topological polar surface area (TPSA) is 141 Å². The SMILES string of the molecule is CC(C)C(=O)Nc1nc2c(ncn2[C@]2(c3ccccc3)O[C@H](CO)[C@H]3OC(C)(C)O[C@H]32)c(=O)[nH]1. The first-order valence-corrected chi connectivity index (χ1v) is 11.1. The minimum atomic E-state index is -1.35. The van der Waals surface area contributed by atoms with E-state index in [1.807, 2.05) is 30.3 Å². The molecule has 11 nitrogen and oxygen atoms in total. The normalized spacial score (nSPS) is 27.9. The Hall–Kier alpha value is -3.12. The fraction of sp³-hybridized carbons (Fsp3) is 0.478. The zero-order valence-electron chi connectivity index (χ0n) is 19.3. The number of imidazole rings is 1. The molecule has 11 heteroatoms. The molecule has 0 saturated carbocycles. The van der Waals surface area contributed by atoms with Gasteiger partial charge < -0.3 is 19.3 Å². The molecular weight excluding hydrogens is 442 g/mol. The van der Waals surface area contributed by atoms with Crippen molar-refractivity contribution in [3.8, 4) is 0 Å². The largest absolute Gasteiger partial charge is 0.394 e. The molecular formula is C23H27N5O6. The number of benzene rings is 1. The number of H-pyrrole nitrogens is 1. The van der Waals surface area contributed by atoms with Gasteiger partial charge in [0.25, 0.3) is 5.56 Å². The summed E-state index contributed by atoms with van der Waals surface area (Å²) in [5.74, 6) is -1.53. The van der Waals surface area contributed by atoms with E-state index in [9.17, 15) is 14.7 Å². The fourth-order valence-corrected chi connectivity index (χ4v) is 4.58. The van der Waals surface area contributed by atoms with Crippen LogP contribution < -0.4 is 10.9 Å². The molecule has 2 aliphatic rings. The second-order valence-electron chi connectivity index (χ2n) is 9.27. The Labute approximate surface area is 195 Å². The number of aliphatic hydroxyl groups excluding tert-OH is 1.